The monoisotopic (exact) mass is 189 g/mol. The SMILES string of the molecule is C1CCC(C2CCCCC2)CC1.[Na]. The van der Waals surface area contributed by atoms with E-state index in [0.29, 0.717) is 0 Å². The van der Waals surface area contributed by atoms with E-state index in [1.54, 1.807) is 25.7 Å². The quantitative estimate of drug-likeness (QED) is 0.551. The predicted octanol–water partition coefficient (Wildman–Crippen LogP) is 3.77. The molecule has 0 heterocycles. The maximum absolute atomic E-state index is 1.56. The van der Waals surface area contributed by atoms with Crippen molar-refractivity contribution in [1.82, 2.24) is 0 Å². The second-order valence-electron chi connectivity index (χ2n) is 4.80. The molecular weight excluding hydrogens is 167 g/mol. The fourth-order valence-electron chi connectivity index (χ4n) is 3.21. The van der Waals surface area contributed by atoms with Gasteiger partial charge in [0, 0.05) is 29.6 Å². The molecule has 1 radical (unpaired) electrons. The first kappa shape index (κ1) is 12.1. The minimum Gasteiger partial charge on any atom is -0.0533 e. The van der Waals surface area contributed by atoms with Crippen molar-refractivity contribution in [1.29, 1.82) is 0 Å². The van der Waals surface area contributed by atoms with Gasteiger partial charge in [0.1, 0.15) is 0 Å². The summed E-state index contributed by atoms with van der Waals surface area (Å²) in [5, 5.41) is 0. The van der Waals surface area contributed by atoms with Gasteiger partial charge in [-0.25, -0.2) is 0 Å². The molecule has 0 N–H and O–H groups in total. The van der Waals surface area contributed by atoms with Crippen LogP contribution in [0.3, 0.4) is 0 Å². The second-order valence-corrected chi connectivity index (χ2v) is 4.80. The molecule has 0 aromatic rings. The molecule has 0 aromatic carbocycles. The molecule has 0 atom stereocenters. The van der Waals surface area contributed by atoms with Crippen LogP contribution in [0.5, 0.6) is 0 Å². The average Bonchev–Trinajstić information content (AvgIpc) is 2.21. The van der Waals surface area contributed by atoms with E-state index in [0.717, 1.165) is 11.8 Å². The smallest absolute Gasteiger partial charge is 0 e. The van der Waals surface area contributed by atoms with Gasteiger partial charge in [0.05, 0.1) is 0 Å². The van der Waals surface area contributed by atoms with E-state index in [1.807, 2.05) is 0 Å². The normalized spacial score (nSPS) is 26.8. The number of hydrogen-bond donors (Lipinski definition) is 0. The summed E-state index contributed by atoms with van der Waals surface area (Å²) in [6.45, 7) is 0. The van der Waals surface area contributed by atoms with Gasteiger partial charge in [-0.3, -0.25) is 0 Å². The Morgan fingerprint density at radius 3 is 1.08 bits per heavy atom. The van der Waals surface area contributed by atoms with Gasteiger partial charge in [-0.15, -0.1) is 0 Å². The Hall–Kier alpha value is 1.00. The van der Waals surface area contributed by atoms with Crippen LogP contribution in [-0.4, -0.2) is 29.6 Å². The molecule has 71 valence electrons. The van der Waals surface area contributed by atoms with Crippen molar-refractivity contribution in [3.8, 4) is 0 Å². The van der Waals surface area contributed by atoms with E-state index in [4.69, 9.17) is 0 Å². The van der Waals surface area contributed by atoms with Crippen molar-refractivity contribution in [2.24, 2.45) is 11.8 Å². The molecule has 0 unspecified atom stereocenters. The summed E-state index contributed by atoms with van der Waals surface area (Å²) in [6, 6.07) is 0. The fourth-order valence-corrected chi connectivity index (χ4v) is 3.21. The van der Waals surface area contributed by atoms with Crippen LogP contribution < -0.4 is 0 Å². The van der Waals surface area contributed by atoms with E-state index in [1.165, 1.54) is 38.5 Å². The maximum atomic E-state index is 1.56. The van der Waals surface area contributed by atoms with Crippen LogP contribution in [0.25, 0.3) is 0 Å². The number of rotatable bonds is 1. The zero-order chi connectivity index (χ0) is 8.23. The molecule has 2 rings (SSSR count). The topological polar surface area (TPSA) is 0 Å². The van der Waals surface area contributed by atoms with E-state index in [-0.39, 0.29) is 29.6 Å². The molecule has 0 saturated heterocycles. The van der Waals surface area contributed by atoms with Crippen molar-refractivity contribution in [3.63, 3.8) is 0 Å². The summed E-state index contributed by atoms with van der Waals surface area (Å²) in [4.78, 5) is 0. The first-order chi connectivity index (χ1) is 5.97. The van der Waals surface area contributed by atoms with Gasteiger partial charge < -0.3 is 0 Å². The Kier molecular flexibility index (Phi) is 6.01. The van der Waals surface area contributed by atoms with Crippen LogP contribution >= 0.6 is 0 Å². The molecule has 0 amide bonds. The summed E-state index contributed by atoms with van der Waals surface area (Å²) < 4.78 is 0. The molecule has 0 aliphatic heterocycles. The third-order valence-electron chi connectivity index (χ3n) is 3.97. The van der Waals surface area contributed by atoms with Crippen LogP contribution in [0.2, 0.25) is 0 Å². The Morgan fingerprint density at radius 2 is 0.769 bits per heavy atom. The average molecular weight is 189 g/mol. The number of hydrogen-bond acceptors (Lipinski definition) is 0. The van der Waals surface area contributed by atoms with Crippen molar-refractivity contribution < 1.29 is 0 Å². The zero-order valence-corrected chi connectivity index (χ0v) is 11.2. The summed E-state index contributed by atoms with van der Waals surface area (Å²) >= 11 is 0. The molecule has 0 nitrogen and oxygen atoms in total. The van der Waals surface area contributed by atoms with Crippen LogP contribution in [0.4, 0.5) is 0 Å². The molecule has 2 aliphatic carbocycles. The summed E-state index contributed by atoms with van der Waals surface area (Å²) in [6.07, 6.45) is 15.4. The van der Waals surface area contributed by atoms with Gasteiger partial charge in [-0.05, 0) is 11.8 Å². The van der Waals surface area contributed by atoms with Crippen molar-refractivity contribution in [2.75, 3.05) is 0 Å². The van der Waals surface area contributed by atoms with Gasteiger partial charge in [0.25, 0.3) is 0 Å². The third kappa shape index (κ3) is 3.57. The van der Waals surface area contributed by atoms with E-state index in [2.05, 4.69) is 0 Å². The predicted molar refractivity (Wildman–Crippen MR) is 58.9 cm³/mol. The fraction of sp³-hybridized carbons (Fsp3) is 1.00. The Bertz CT molecular complexity index is 105. The molecule has 0 spiro atoms. The van der Waals surface area contributed by atoms with Gasteiger partial charge in [-0.1, -0.05) is 64.2 Å². The van der Waals surface area contributed by atoms with Crippen molar-refractivity contribution in [2.45, 2.75) is 64.2 Å². The van der Waals surface area contributed by atoms with Crippen molar-refractivity contribution in [3.05, 3.63) is 0 Å². The molecular formula is C12H22Na. The molecule has 2 aliphatic rings. The summed E-state index contributed by atoms with van der Waals surface area (Å²) in [5.74, 6) is 2.28. The van der Waals surface area contributed by atoms with Crippen molar-refractivity contribution >= 4 is 29.6 Å². The largest absolute Gasteiger partial charge is 0.0533 e. The molecule has 2 fully saturated rings. The summed E-state index contributed by atoms with van der Waals surface area (Å²) in [7, 11) is 0. The van der Waals surface area contributed by atoms with Crippen LogP contribution in [-0.2, 0) is 0 Å². The van der Waals surface area contributed by atoms with E-state index in [9.17, 15) is 0 Å². The Balaban J connectivity index is 0.000000845. The maximum Gasteiger partial charge on any atom is 0 e. The molecule has 0 bridgehead atoms. The zero-order valence-electron chi connectivity index (χ0n) is 9.23. The van der Waals surface area contributed by atoms with Crippen LogP contribution in [0.15, 0.2) is 0 Å². The third-order valence-corrected chi connectivity index (χ3v) is 3.97. The van der Waals surface area contributed by atoms with Gasteiger partial charge in [0.15, 0.2) is 0 Å². The van der Waals surface area contributed by atoms with Crippen LogP contribution in [0, 0.1) is 11.8 Å². The van der Waals surface area contributed by atoms with Gasteiger partial charge >= 0.3 is 0 Å². The minimum absolute atomic E-state index is 0. The minimum atomic E-state index is 0. The Morgan fingerprint density at radius 1 is 0.462 bits per heavy atom. The molecule has 2 saturated carbocycles. The van der Waals surface area contributed by atoms with Crippen LogP contribution in [0.1, 0.15) is 64.2 Å². The first-order valence-electron chi connectivity index (χ1n) is 5.97. The Labute approximate surface area is 105 Å². The van der Waals surface area contributed by atoms with E-state index < -0.39 is 0 Å². The molecule has 0 aromatic heterocycles. The van der Waals surface area contributed by atoms with Gasteiger partial charge in [0.2, 0.25) is 0 Å². The summed E-state index contributed by atoms with van der Waals surface area (Å²) in [5.41, 5.74) is 0. The van der Waals surface area contributed by atoms with Gasteiger partial charge in [-0.2, -0.15) is 0 Å². The standard InChI is InChI=1S/C12H22.Na/c1-3-7-11(8-4-1)12-9-5-2-6-10-12;/h11-12H,1-10H2;. The van der Waals surface area contributed by atoms with E-state index >= 15 is 0 Å². The molecule has 1 heteroatoms. The second kappa shape index (κ2) is 6.48. The first-order valence-corrected chi connectivity index (χ1v) is 5.97. The molecule has 13 heavy (non-hydrogen) atoms.